The molecule has 9 heteroatoms. The van der Waals surface area contributed by atoms with Gasteiger partial charge in [-0.25, -0.2) is 0 Å². The molecule has 0 aromatic rings. The predicted molar refractivity (Wildman–Crippen MR) is 124 cm³/mol. The third-order valence-electron chi connectivity index (χ3n) is 5.52. The van der Waals surface area contributed by atoms with E-state index in [4.69, 9.17) is 24.7 Å². The zero-order chi connectivity index (χ0) is 24.7. The molecule has 1 saturated heterocycles. The second-order valence-corrected chi connectivity index (χ2v) is 8.29. The number of hydrogen-bond acceptors (Lipinski definition) is 6. The number of hydrogen-bond donors (Lipinski definition) is 1. The van der Waals surface area contributed by atoms with Gasteiger partial charge in [0.25, 0.3) is 0 Å². The predicted octanol–water partition coefficient (Wildman–Crippen LogP) is 5.04. The minimum atomic E-state index is -4.59. The van der Waals surface area contributed by atoms with Crippen molar-refractivity contribution in [1.82, 2.24) is 0 Å². The lowest BCUT2D eigenvalue weighted by Crippen LogP contribution is -2.30. The second-order valence-electron chi connectivity index (χ2n) is 8.29. The van der Waals surface area contributed by atoms with Crippen molar-refractivity contribution in [3.63, 3.8) is 0 Å². The van der Waals surface area contributed by atoms with Gasteiger partial charge in [-0.1, -0.05) is 20.3 Å². The van der Waals surface area contributed by atoms with E-state index in [1.807, 2.05) is 20.8 Å². The highest BCUT2D eigenvalue weighted by molar-refractivity contribution is 5.85. The zero-order valence-electron chi connectivity index (χ0n) is 20.5. The molecule has 3 atom stereocenters. The molecule has 33 heavy (non-hydrogen) atoms. The number of unbranched alkanes of at least 4 members (excludes halogenated alkanes) is 1. The average Bonchev–Trinajstić information content (AvgIpc) is 2.77. The van der Waals surface area contributed by atoms with Crippen LogP contribution in [0, 0.1) is 11.8 Å². The van der Waals surface area contributed by atoms with E-state index in [9.17, 15) is 13.2 Å². The minimum Gasteiger partial charge on any atom is -0.491 e. The van der Waals surface area contributed by atoms with Gasteiger partial charge < -0.3 is 24.7 Å². The van der Waals surface area contributed by atoms with Crippen LogP contribution in [-0.2, 0) is 18.9 Å². The summed E-state index contributed by atoms with van der Waals surface area (Å²) < 4.78 is 63.1. The van der Waals surface area contributed by atoms with Crippen LogP contribution in [0.4, 0.5) is 13.2 Å². The SMILES string of the molecule is CCC/C=C(/C=C(\N=C(C)C(C)C1CCOC(C)C1)C(F)(F)F)OCCOCCOCCN. The maximum absolute atomic E-state index is 13.8. The van der Waals surface area contributed by atoms with Gasteiger partial charge >= 0.3 is 6.18 Å². The van der Waals surface area contributed by atoms with E-state index < -0.39 is 11.9 Å². The number of rotatable bonds is 15. The summed E-state index contributed by atoms with van der Waals surface area (Å²) >= 11 is 0. The summed E-state index contributed by atoms with van der Waals surface area (Å²) in [6.45, 7) is 10.2. The largest absolute Gasteiger partial charge is 0.491 e. The van der Waals surface area contributed by atoms with Crippen LogP contribution < -0.4 is 5.73 Å². The van der Waals surface area contributed by atoms with Crippen molar-refractivity contribution >= 4 is 5.71 Å². The first-order valence-electron chi connectivity index (χ1n) is 11.8. The number of aliphatic imine (C=N–C) groups is 1. The second kappa shape index (κ2) is 16.2. The molecular weight excluding hydrogens is 437 g/mol. The summed E-state index contributed by atoms with van der Waals surface area (Å²) in [5, 5.41) is 0. The maximum atomic E-state index is 13.8. The Labute approximate surface area is 196 Å². The average molecular weight is 479 g/mol. The Morgan fingerprint density at radius 2 is 1.85 bits per heavy atom. The number of alkyl halides is 3. The summed E-state index contributed by atoms with van der Waals surface area (Å²) in [6.07, 6.45) is 1.21. The lowest BCUT2D eigenvalue weighted by atomic mass is 9.82. The fraction of sp³-hybridized carbons (Fsp3) is 0.792. The van der Waals surface area contributed by atoms with E-state index in [1.165, 1.54) is 0 Å². The highest BCUT2D eigenvalue weighted by atomic mass is 19.4. The van der Waals surface area contributed by atoms with E-state index in [2.05, 4.69) is 4.99 Å². The molecule has 0 aliphatic carbocycles. The molecule has 1 rings (SSSR count). The molecular formula is C24H41F3N2O4. The summed E-state index contributed by atoms with van der Waals surface area (Å²) in [5.74, 6) is 0.335. The molecule has 0 aromatic carbocycles. The fourth-order valence-corrected chi connectivity index (χ4v) is 3.50. The quantitative estimate of drug-likeness (QED) is 0.155. The third kappa shape index (κ3) is 12.6. The molecule has 6 nitrogen and oxygen atoms in total. The van der Waals surface area contributed by atoms with Gasteiger partial charge in [-0.15, -0.1) is 0 Å². The van der Waals surface area contributed by atoms with Crippen LogP contribution in [0.15, 0.2) is 28.6 Å². The molecule has 0 radical (unpaired) electrons. The van der Waals surface area contributed by atoms with Crippen LogP contribution >= 0.6 is 0 Å². The van der Waals surface area contributed by atoms with E-state index in [0.717, 1.165) is 25.3 Å². The van der Waals surface area contributed by atoms with Gasteiger partial charge in [-0.2, -0.15) is 13.2 Å². The molecule has 1 aliphatic rings. The van der Waals surface area contributed by atoms with Crippen LogP contribution in [0.25, 0.3) is 0 Å². The van der Waals surface area contributed by atoms with Gasteiger partial charge in [0.1, 0.15) is 18.1 Å². The molecule has 0 spiro atoms. The van der Waals surface area contributed by atoms with Crippen molar-refractivity contribution in [1.29, 1.82) is 0 Å². The van der Waals surface area contributed by atoms with E-state index in [0.29, 0.717) is 45.1 Å². The van der Waals surface area contributed by atoms with Gasteiger partial charge in [0, 0.05) is 24.9 Å². The summed E-state index contributed by atoms with van der Waals surface area (Å²) in [5.41, 5.74) is 4.85. The molecule has 1 heterocycles. The van der Waals surface area contributed by atoms with E-state index >= 15 is 0 Å². The summed E-state index contributed by atoms with van der Waals surface area (Å²) in [4.78, 5) is 4.02. The number of nitrogens with two attached hydrogens (primary N) is 1. The Morgan fingerprint density at radius 1 is 1.18 bits per heavy atom. The van der Waals surface area contributed by atoms with Crippen molar-refractivity contribution in [3.05, 3.63) is 23.6 Å². The first-order chi connectivity index (χ1) is 15.7. The molecule has 1 aliphatic heterocycles. The molecule has 0 amide bonds. The highest BCUT2D eigenvalue weighted by Crippen LogP contribution is 2.32. The number of allylic oxidation sites excluding steroid dienone is 3. The first kappa shape index (κ1) is 29.6. The standard InChI is InChI=1S/C24H41F3N2O4/c1-5-6-7-22(33-15-14-31-13-12-30-11-9-28)17-23(24(25,26)27)29-20(4)19(3)21-8-10-32-18(2)16-21/h7,17-19,21H,5-6,8-16,28H2,1-4H3/b22-7-,23-17-,29-20?. The van der Waals surface area contributed by atoms with Crippen molar-refractivity contribution in [2.45, 2.75) is 65.7 Å². The van der Waals surface area contributed by atoms with Crippen molar-refractivity contribution < 1.29 is 32.1 Å². The normalized spacial score (nSPS) is 21.9. The van der Waals surface area contributed by atoms with E-state index in [1.54, 1.807) is 13.0 Å². The lowest BCUT2D eigenvalue weighted by Gasteiger charge is -2.31. The Bertz CT molecular complexity index is 636. The molecule has 3 unspecified atom stereocenters. The summed E-state index contributed by atoms with van der Waals surface area (Å²) in [7, 11) is 0. The third-order valence-corrected chi connectivity index (χ3v) is 5.52. The number of halogens is 3. The molecule has 192 valence electrons. The summed E-state index contributed by atoms with van der Waals surface area (Å²) in [6, 6.07) is 0. The number of nitrogens with zero attached hydrogens (tertiary/aromatic N) is 1. The van der Waals surface area contributed by atoms with Gasteiger partial charge in [-0.05, 0) is 51.0 Å². The Hall–Kier alpha value is -1.42. The maximum Gasteiger partial charge on any atom is 0.433 e. The number of ether oxygens (including phenoxy) is 4. The molecule has 0 bridgehead atoms. The highest BCUT2D eigenvalue weighted by Gasteiger charge is 2.35. The molecule has 1 fully saturated rings. The molecule has 0 saturated carbocycles. The molecule has 2 N–H and O–H groups in total. The van der Waals surface area contributed by atoms with Crippen LogP contribution in [0.2, 0.25) is 0 Å². The van der Waals surface area contributed by atoms with Crippen LogP contribution in [0.5, 0.6) is 0 Å². The first-order valence-corrected chi connectivity index (χ1v) is 11.8. The van der Waals surface area contributed by atoms with Gasteiger partial charge in [-0.3, -0.25) is 4.99 Å². The van der Waals surface area contributed by atoms with Gasteiger partial charge in [0.2, 0.25) is 0 Å². The zero-order valence-corrected chi connectivity index (χ0v) is 20.5. The van der Waals surface area contributed by atoms with Crippen LogP contribution in [0.3, 0.4) is 0 Å². The Kier molecular flexibility index (Phi) is 14.6. The van der Waals surface area contributed by atoms with Crippen LogP contribution in [0.1, 0.15) is 53.4 Å². The Balaban J connectivity index is 2.83. The lowest BCUT2D eigenvalue weighted by molar-refractivity contribution is -0.0927. The smallest absolute Gasteiger partial charge is 0.433 e. The van der Waals surface area contributed by atoms with E-state index in [-0.39, 0.29) is 36.9 Å². The minimum absolute atomic E-state index is 0.0685. The van der Waals surface area contributed by atoms with Crippen molar-refractivity contribution in [2.24, 2.45) is 22.6 Å². The van der Waals surface area contributed by atoms with Gasteiger partial charge in [0.05, 0.1) is 32.5 Å². The van der Waals surface area contributed by atoms with Crippen LogP contribution in [-0.4, -0.2) is 64.2 Å². The fourth-order valence-electron chi connectivity index (χ4n) is 3.50. The van der Waals surface area contributed by atoms with Crippen molar-refractivity contribution in [2.75, 3.05) is 46.2 Å². The topological polar surface area (TPSA) is 75.3 Å². The monoisotopic (exact) mass is 478 g/mol. The Morgan fingerprint density at radius 3 is 2.45 bits per heavy atom. The van der Waals surface area contributed by atoms with Crippen molar-refractivity contribution in [3.8, 4) is 0 Å². The molecule has 0 aromatic heterocycles. The van der Waals surface area contributed by atoms with Gasteiger partial charge in [0.15, 0.2) is 0 Å².